The highest BCUT2D eigenvalue weighted by Crippen LogP contribution is 2.43. The molecule has 2 aromatic heterocycles. The van der Waals surface area contributed by atoms with E-state index in [-0.39, 0.29) is 0 Å². The van der Waals surface area contributed by atoms with Gasteiger partial charge < -0.3 is 5.11 Å². The minimum Gasteiger partial charge on any atom is -0.377 e. The quantitative estimate of drug-likeness (QED) is 0.910. The minimum absolute atomic E-state index is 0.422. The van der Waals surface area contributed by atoms with Crippen molar-refractivity contribution in [1.29, 1.82) is 0 Å². The Labute approximate surface area is 120 Å². The smallest absolute Gasteiger partial charge is 0.153 e. The minimum atomic E-state index is -1.22. The van der Waals surface area contributed by atoms with Crippen molar-refractivity contribution in [3.05, 3.63) is 59.2 Å². The SMILES string of the molecule is Cc1cccc(C(O)(c2cccc(C)n2)C(C)(C)C)n1. The van der Waals surface area contributed by atoms with Crippen molar-refractivity contribution in [1.82, 2.24) is 9.97 Å². The average molecular weight is 270 g/mol. The Balaban J connectivity index is 2.69. The Hall–Kier alpha value is -1.74. The molecule has 0 aliphatic rings. The summed E-state index contributed by atoms with van der Waals surface area (Å²) in [5.41, 5.74) is 1.42. The standard InChI is InChI=1S/C17H22N2O/c1-12-8-6-10-14(18-12)17(20,16(3,4)5)15-11-7-9-13(2)19-15/h6-11,20H,1-5H3. The van der Waals surface area contributed by atoms with Crippen molar-refractivity contribution in [2.45, 2.75) is 40.2 Å². The van der Waals surface area contributed by atoms with E-state index in [0.717, 1.165) is 11.4 Å². The van der Waals surface area contributed by atoms with Crippen molar-refractivity contribution in [2.24, 2.45) is 5.41 Å². The van der Waals surface area contributed by atoms with E-state index in [1.165, 1.54) is 0 Å². The summed E-state index contributed by atoms with van der Waals surface area (Å²) in [7, 11) is 0. The molecule has 0 bridgehead atoms. The molecule has 0 atom stereocenters. The van der Waals surface area contributed by atoms with Gasteiger partial charge >= 0.3 is 0 Å². The van der Waals surface area contributed by atoms with Crippen LogP contribution in [-0.2, 0) is 5.60 Å². The van der Waals surface area contributed by atoms with E-state index >= 15 is 0 Å². The molecule has 0 fully saturated rings. The summed E-state index contributed by atoms with van der Waals surface area (Å²) in [5, 5.41) is 11.4. The normalized spacial score (nSPS) is 12.5. The summed E-state index contributed by atoms with van der Waals surface area (Å²) in [6.07, 6.45) is 0. The molecular weight excluding hydrogens is 248 g/mol. The van der Waals surface area contributed by atoms with Crippen molar-refractivity contribution < 1.29 is 5.11 Å². The van der Waals surface area contributed by atoms with E-state index in [0.29, 0.717) is 11.4 Å². The van der Waals surface area contributed by atoms with Crippen LogP contribution in [0.2, 0.25) is 0 Å². The lowest BCUT2D eigenvalue weighted by Crippen LogP contribution is -2.42. The van der Waals surface area contributed by atoms with Gasteiger partial charge in [0.2, 0.25) is 0 Å². The van der Waals surface area contributed by atoms with Gasteiger partial charge in [0, 0.05) is 16.8 Å². The van der Waals surface area contributed by atoms with Gasteiger partial charge in [-0.1, -0.05) is 32.9 Å². The molecule has 2 aromatic rings. The molecule has 3 heteroatoms. The third-order valence-corrected chi connectivity index (χ3v) is 3.60. The molecule has 2 rings (SSSR count). The first-order valence-electron chi connectivity index (χ1n) is 6.86. The molecular formula is C17H22N2O. The number of aliphatic hydroxyl groups is 1. The van der Waals surface area contributed by atoms with Gasteiger partial charge in [0.15, 0.2) is 5.60 Å². The van der Waals surface area contributed by atoms with Crippen LogP contribution in [-0.4, -0.2) is 15.1 Å². The van der Waals surface area contributed by atoms with Crippen molar-refractivity contribution in [3.8, 4) is 0 Å². The van der Waals surface area contributed by atoms with Gasteiger partial charge in [-0.3, -0.25) is 9.97 Å². The molecule has 0 amide bonds. The molecule has 0 saturated carbocycles. The van der Waals surface area contributed by atoms with Crippen LogP contribution in [0.5, 0.6) is 0 Å². The van der Waals surface area contributed by atoms with E-state index < -0.39 is 11.0 Å². The predicted octanol–water partition coefficient (Wildman–Crippen LogP) is 3.38. The molecule has 106 valence electrons. The van der Waals surface area contributed by atoms with Crippen LogP contribution in [0.1, 0.15) is 43.5 Å². The molecule has 0 aliphatic heterocycles. The molecule has 0 spiro atoms. The Morgan fingerprint density at radius 2 is 1.20 bits per heavy atom. The zero-order valence-corrected chi connectivity index (χ0v) is 12.8. The number of nitrogens with zero attached hydrogens (tertiary/aromatic N) is 2. The third-order valence-electron chi connectivity index (χ3n) is 3.60. The van der Waals surface area contributed by atoms with Gasteiger partial charge in [0.25, 0.3) is 0 Å². The van der Waals surface area contributed by atoms with Crippen molar-refractivity contribution >= 4 is 0 Å². The highest BCUT2D eigenvalue weighted by molar-refractivity contribution is 5.31. The first-order chi connectivity index (χ1) is 9.25. The lowest BCUT2D eigenvalue weighted by molar-refractivity contribution is -0.0334. The first kappa shape index (κ1) is 14.7. The second kappa shape index (κ2) is 4.98. The van der Waals surface area contributed by atoms with E-state index in [4.69, 9.17) is 0 Å². The van der Waals surface area contributed by atoms with E-state index in [1.807, 2.05) is 71.0 Å². The fourth-order valence-electron chi connectivity index (χ4n) is 2.39. The van der Waals surface area contributed by atoms with Crippen LogP contribution in [0.4, 0.5) is 0 Å². The summed E-state index contributed by atoms with van der Waals surface area (Å²) < 4.78 is 0. The van der Waals surface area contributed by atoms with Gasteiger partial charge in [0.05, 0.1) is 11.4 Å². The predicted molar refractivity (Wildman–Crippen MR) is 80.4 cm³/mol. The highest BCUT2D eigenvalue weighted by atomic mass is 16.3. The number of aryl methyl sites for hydroxylation is 2. The van der Waals surface area contributed by atoms with Gasteiger partial charge in [-0.15, -0.1) is 0 Å². The molecule has 0 aliphatic carbocycles. The van der Waals surface area contributed by atoms with Crippen LogP contribution >= 0.6 is 0 Å². The number of aromatic nitrogens is 2. The van der Waals surface area contributed by atoms with Crippen LogP contribution in [0.3, 0.4) is 0 Å². The molecule has 1 N–H and O–H groups in total. The van der Waals surface area contributed by atoms with E-state index in [1.54, 1.807) is 0 Å². The van der Waals surface area contributed by atoms with Crippen molar-refractivity contribution in [2.75, 3.05) is 0 Å². The second-order valence-electron chi connectivity index (χ2n) is 6.29. The molecule has 0 aromatic carbocycles. The maximum atomic E-state index is 11.4. The van der Waals surface area contributed by atoms with Gasteiger partial charge in [-0.25, -0.2) is 0 Å². The Bertz CT molecular complexity index is 569. The Kier molecular flexibility index (Phi) is 3.65. The number of rotatable bonds is 2. The molecule has 2 heterocycles. The maximum Gasteiger partial charge on any atom is 0.153 e. The number of hydrogen-bond acceptors (Lipinski definition) is 3. The van der Waals surface area contributed by atoms with Gasteiger partial charge in [0.1, 0.15) is 0 Å². The van der Waals surface area contributed by atoms with Crippen LogP contribution in [0.15, 0.2) is 36.4 Å². The lowest BCUT2D eigenvalue weighted by Gasteiger charge is -2.39. The average Bonchev–Trinajstić information content (AvgIpc) is 2.36. The first-order valence-corrected chi connectivity index (χ1v) is 6.86. The summed E-state index contributed by atoms with van der Waals surface area (Å²) in [6, 6.07) is 11.4. The fraction of sp³-hybridized carbons (Fsp3) is 0.412. The van der Waals surface area contributed by atoms with Gasteiger partial charge in [-0.05, 0) is 38.1 Å². The molecule has 0 radical (unpaired) electrons. The van der Waals surface area contributed by atoms with Crippen LogP contribution in [0.25, 0.3) is 0 Å². The summed E-state index contributed by atoms with van der Waals surface area (Å²) in [4.78, 5) is 9.06. The fourth-order valence-corrected chi connectivity index (χ4v) is 2.39. The topological polar surface area (TPSA) is 46.0 Å². The van der Waals surface area contributed by atoms with Crippen molar-refractivity contribution in [3.63, 3.8) is 0 Å². The highest BCUT2D eigenvalue weighted by Gasteiger charge is 2.45. The summed E-state index contributed by atoms with van der Waals surface area (Å²) in [6.45, 7) is 9.86. The Morgan fingerprint density at radius 3 is 1.50 bits per heavy atom. The van der Waals surface area contributed by atoms with Crippen LogP contribution < -0.4 is 0 Å². The summed E-state index contributed by atoms with van der Waals surface area (Å²) >= 11 is 0. The molecule has 20 heavy (non-hydrogen) atoms. The summed E-state index contributed by atoms with van der Waals surface area (Å²) in [5.74, 6) is 0. The second-order valence-corrected chi connectivity index (χ2v) is 6.29. The maximum absolute atomic E-state index is 11.4. The van der Waals surface area contributed by atoms with Crippen LogP contribution in [0, 0.1) is 19.3 Å². The van der Waals surface area contributed by atoms with E-state index in [2.05, 4.69) is 9.97 Å². The molecule has 0 unspecified atom stereocenters. The number of pyridine rings is 2. The Morgan fingerprint density at radius 1 is 0.800 bits per heavy atom. The molecule has 3 nitrogen and oxygen atoms in total. The number of hydrogen-bond donors (Lipinski definition) is 1. The zero-order valence-electron chi connectivity index (χ0n) is 12.8. The third kappa shape index (κ3) is 2.46. The van der Waals surface area contributed by atoms with Gasteiger partial charge in [-0.2, -0.15) is 0 Å². The largest absolute Gasteiger partial charge is 0.377 e. The lowest BCUT2D eigenvalue weighted by atomic mass is 9.72. The zero-order chi connectivity index (χ0) is 15.0. The monoisotopic (exact) mass is 270 g/mol. The molecule has 0 saturated heterocycles. The van der Waals surface area contributed by atoms with E-state index in [9.17, 15) is 5.11 Å².